The van der Waals surface area contributed by atoms with Crippen LogP contribution in [-0.2, 0) is 9.53 Å². The molecule has 2 aromatic rings. The molecule has 0 aliphatic carbocycles. The van der Waals surface area contributed by atoms with Gasteiger partial charge in [0.2, 0.25) is 0 Å². The van der Waals surface area contributed by atoms with Crippen molar-refractivity contribution >= 4 is 64.0 Å². The largest absolute Gasteiger partial charge is 0.421 e. The van der Waals surface area contributed by atoms with Crippen LogP contribution in [0.15, 0.2) is 42.0 Å². The van der Waals surface area contributed by atoms with Crippen molar-refractivity contribution in [2.75, 3.05) is 14.1 Å². The molecule has 0 saturated carbocycles. The molecule has 2 rings (SSSR count). The molecule has 28 heavy (non-hydrogen) atoms. The van der Waals surface area contributed by atoms with Crippen LogP contribution in [0.5, 0.6) is 0 Å². The van der Waals surface area contributed by atoms with E-state index in [1.165, 1.54) is 55.4 Å². The first kappa shape index (κ1) is 22.1. The molecule has 0 spiro atoms. The summed E-state index contributed by atoms with van der Waals surface area (Å²) in [5, 5.41) is 10.3. The molecule has 5 nitrogen and oxygen atoms in total. The molecule has 0 heterocycles. The zero-order valence-corrected chi connectivity index (χ0v) is 17.6. The van der Waals surface area contributed by atoms with Gasteiger partial charge in [0.1, 0.15) is 6.07 Å². The second-order valence-corrected chi connectivity index (χ2v) is 7.34. The van der Waals surface area contributed by atoms with Crippen LogP contribution in [0.2, 0.25) is 20.1 Å². The summed E-state index contributed by atoms with van der Waals surface area (Å²) >= 11 is 24.0. The van der Waals surface area contributed by atoms with Crippen LogP contribution < -0.4 is 0 Å². The first-order valence-electron chi connectivity index (χ1n) is 7.64. The molecule has 0 saturated heterocycles. The molecule has 0 fully saturated rings. The Hall–Kier alpha value is -2.23. The van der Waals surface area contributed by atoms with Crippen molar-refractivity contribution in [1.82, 2.24) is 4.90 Å². The van der Waals surface area contributed by atoms with Crippen molar-refractivity contribution in [1.29, 1.82) is 5.26 Å². The number of carbonyl (C=O) groups excluding carboxylic acids is 2. The van der Waals surface area contributed by atoms with E-state index < -0.39 is 17.4 Å². The number of benzene rings is 2. The molecular weight excluding hydrogens is 446 g/mol. The van der Waals surface area contributed by atoms with Crippen molar-refractivity contribution in [3.05, 3.63) is 73.2 Å². The minimum Gasteiger partial charge on any atom is -0.421 e. The summed E-state index contributed by atoms with van der Waals surface area (Å²) in [6.07, 6.45) is 0. The number of ether oxygens (including phenoxy) is 1. The summed E-state index contributed by atoms with van der Waals surface area (Å²) in [7, 11) is 2.91. The van der Waals surface area contributed by atoms with Crippen LogP contribution in [0.4, 0.5) is 0 Å². The number of rotatable bonds is 4. The smallest absolute Gasteiger partial charge is 0.345 e. The maximum absolute atomic E-state index is 12.7. The topological polar surface area (TPSA) is 70.4 Å². The number of likely N-dealkylation sites (N-methyl/N-ethyl adjacent to an activating group) is 1. The Morgan fingerprint density at radius 1 is 0.929 bits per heavy atom. The summed E-state index contributed by atoms with van der Waals surface area (Å²) in [6.45, 7) is 0. The van der Waals surface area contributed by atoms with E-state index in [9.17, 15) is 14.9 Å². The van der Waals surface area contributed by atoms with Crippen molar-refractivity contribution in [3.63, 3.8) is 0 Å². The average molecular weight is 458 g/mol. The predicted molar refractivity (Wildman–Crippen MR) is 110 cm³/mol. The number of amides is 1. The molecule has 0 aliphatic rings. The molecule has 144 valence electrons. The molecule has 0 bridgehead atoms. The Morgan fingerprint density at radius 2 is 1.43 bits per heavy atom. The standard InChI is InChI=1S/C19H12Cl4N2O3/c1-25(2)18(26)14(9-24)17(12-5-3-10(20)7-15(12)22)28-19(27)13-6-4-11(21)8-16(13)23/h3-8H,1-2H3/b17-14-. The van der Waals surface area contributed by atoms with Crippen LogP contribution in [0.25, 0.3) is 5.76 Å². The fourth-order valence-electron chi connectivity index (χ4n) is 2.14. The van der Waals surface area contributed by atoms with Crippen molar-refractivity contribution in [3.8, 4) is 6.07 Å². The normalized spacial score (nSPS) is 11.3. The molecular formula is C19H12Cl4N2O3. The van der Waals surface area contributed by atoms with E-state index in [0.29, 0.717) is 10.0 Å². The van der Waals surface area contributed by atoms with E-state index >= 15 is 0 Å². The molecule has 0 N–H and O–H groups in total. The van der Waals surface area contributed by atoms with E-state index in [1.54, 1.807) is 6.07 Å². The first-order chi connectivity index (χ1) is 13.1. The minimum atomic E-state index is -0.887. The van der Waals surface area contributed by atoms with Crippen molar-refractivity contribution in [2.24, 2.45) is 0 Å². The van der Waals surface area contributed by atoms with Crippen LogP contribution in [0.1, 0.15) is 15.9 Å². The molecule has 0 unspecified atom stereocenters. The third-order valence-electron chi connectivity index (χ3n) is 3.48. The van der Waals surface area contributed by atoms with E-state index in [2.05, 4.69) is 0 Å². The van der Waals surface area contributed by atoms with Gasteiger partial charge in [0.05, 0.1) is 15.6 Å². The van der Waals surface area contributed by atoms with Crippen molar-refractivity contribution in [2.45, 2.75) is 0 Å². The summed E-state index contributed by atoms with van der Waals surface area (Å²) < 4.78 is 5.40. The lowest BCUT2D eigenvalue weighted by Gasteiger charge is -2.16. The molecule has 0 radical (unpaired) electrons. The number of hydrogen-bond acceptors (Lipinski definition) is 4. The first-order valence-corrected chi connectivity index (χ1v) is 9.15. The lowest BCUT2D eigenvalue weighted by molar-refractivity contribution is -0.124. The van der Waals surface area contributed by atoms with Gasteiger partial charge in [0.25, 0.3) is 5.91 Å². The van der Waals surface area contributed by atoms with Crippen molar-refractivity contribution < 1.29 is 14.3 Å². The number of hydrogen-bond donors (Lipinski definition) is 0. The van der Waals surface area contributed by atoms with Crippen LogP contribution in [-0.4, -0.2) is 30.9 Å². The summed E-state index contributed by atoms with van der Waals surface area (Å²) in [5.74, 6) is -1.86. The lowest BCUT2D eigenvalue weighted by Crippen LogP contribution is -2.24. The van der Waals surface area contributed by atoms with Gasteiger partial charge < -0.3 is 9.64 Å². The highest BCUT2D eigenvalue weighted by Crippen LogP contribution is 2.32. The van der Waals surface area contributed by atoms with E-state index in [4.69, 9.17) is 51.1 Å². The SMILES string of the molecule is CN(C)C(=O)/C(C#N)=C(\OC(=O)c1ccc(Cl)cc1Cl)c1ccc(Cl)cc1Cl. The fraction of sp³-hybridized carbons (Fsp3) is 0.105. The van der Waals surface area contributed by atoms with Crippen LogP contribution in [0.3, 0.4) is 0 Å². The van der Waals surface area contributed by atoms with Gasteiger partial charge in [-0.3, -0.25) is 4.79 Å². The predicted octanol–water partition coefficient (Wildman–Crippen LogP) is 5.48. The van der Waals surface area contributed by atoms with Crippen LogP contribution >= 0.6 is 46.4 Å². The highest BCUT2D eigenvalue weighted by atomic mass is 35.5. The molecule has 1 amide bonds. The molecule has 0 aromatic heterocycles. The minimum absolute atomic E-state index is 0.00300. The van der Waals surface area contributed by atoms with E-state index in [-0.39, 0.29) is 26.9 Å². The zero-order chi connectivity index (χ0) is 21.0. The summed E-state index contributed by atoms with van der Waals surface area (Å²) in [5.41, 5.74) is -0.257. The highest BCUT2D eigenvalue weighted by Gasteiger charge is 2.25. The number of carbonyl (C=O) groups is 2. The molecule has 0 aliphatic heterocycles. The third-order valence-corrected chi connectivity index (χ3v) is 4.58. The number of nitrogens with zero attached hydrogens (tertiary/aromatic N) is 2. The van der Waals surface area contributed by atoms with Gasteiger partial charge in [-0.1, -0.05) is 46.4 Å². The number of esters is 1. The zero-order valence-electron chi connectivity index (χ0n) is 14.6. The Morgan fingerprint density at radius 3 is 1.86 bits per heavy atom. The van der Waals surface area contributed by atoms with Gasteiger partial charge >= 0.3 is 5.97 Å². The van der Waals surface area contributed by atoms with Gasteiger partial charge in [-0.25, -0.2) is 4.79 Å². The van der Waals surface area contributed by atoms with Gasteiger partial charge in [-0.2, -0.15) is 5.26 Å². The number of halogens is 4. The monoisotopic (exact) mass is 456 g/mol. The van der Waals surface area contributed by atoms with Gasteiger partial charge in [0.15, 0.2) is 11.3 Å². The second kappa shape index (κ2) is 9.31. The van der Waals surface area contributed by atoms with Gasteiger partial charge in [0, 0.05) is 29.7 Å². The quantitative estimate of drug-likeness (QED) is 0.264. The fourth-order valence-corrected chi connectivity index (χ4v) is 3.12. The maximum atomic E-state index is 12.7. The van der Waals surface area contributed by atoms with E-state index in [0.717, 1.165) is 0 Å². The third kappa shape index (κ3) is 4.98. The molecule has 9 heteroatoms. The Balaban J connectivity index is 2.63. The van der Waals surface area contributed by atoms with Gasteiger partial charge in [-0.15, -0.1) is 0 Å². The maximum Gasteiger partial charge on any atom is 0.345 e. The highest BCUT2D eigenvalue weighted by molar-refractivity contribution is 6.37. The van der Waals surface area contributed by atoms with Gasteiger partial charge in [-0.05, 0) is 36.4 Å². The lowest BCUT2D eigenvalue weighted by atomic mass is 10.1. The van der Waals surface area contributed by atoms with Crippen LogP contribution in [0, 0.1) is 11.3 Å². The average Bonchev–Trinajstić information content (AvgIpc) is 2.61. The Bertz CT molecular complexity index is 1030. The summed E-state index contributed by atoms with van der Waals surface area (Å²) in [4.78, 5) is 26.3. The number of nitriles is 1. The molecule has 0 atom stereocenters. The Labute approximate surface area is 181 Å². The van der Waals surface area contributed by atoms with E-state index in [1.807, 2.05) is 0 Å². The Kier molecular flexibility index (Phi) is 7.34. The molecule has 2 aromatic carbocycles. The summed E-state index contributed by atoms with van der Waals surface area (Å²) in [6, 6.07) is 10.3. The second-order valence-electron chi connectivity index (χ2n) is 5.65.